The van der Waals surface area contributed by atoms with E-state index in [1.54, 1.807) is 11.6 Å². The molecule has 0 atom stereocenters. The molecule has 0 fully saturated rings. The summed E-state index contributed by atoms with van der Waals surface area (Å²) in [5.41, 5.74) is 0.243. The third-order valence-corrected chi connectivity index (χ3v) is 4.90. The van der Waals surface area contributed by atoms with Gasteiger partial charge in [-0.2, -0.15) is 23.4 Å². The van der Waals surface area contributed by atoms with Gasteiger partial charge in [-0.15, -0.1) is 0 Å². The fraction of sp³-hybridized carbons (Fsp3) is 0.500. The Morgan fingerprint density at radius 3 is 2.44 bits per heavy atom. The highest BCUT2D eigenvalue weighted by Crippen LogP contribution is 2.36. The summed E-state index contributed by atoms with van der Waals surface area (Å²) in [4.78, 5) is 12.1. The van der Waals surface area contributed by atoms with E-state index < -0.39 is 17.8 Å². The Bertz CT molecular complexity index is 799. The van der Waals surface area contributed by atoms with E-state index in [1.165, 1.54) is 0 Å². The lowest BCUT2D eigenvalue weighted by Crippen LogP contribution is -2.26. The van der Waals surface area contributed by atoms with E-state index in [4.69, 9.17) is 11.6 Å². The van der Waals surface area contributed by atoms with Gasteiger partial charge in [0.1, 0.15) is 0 Å². The fourth-order valence-corrected chi connectivity index (χ4v) is 3.23. The van der Waals surface area contributed by atoms with Crippen molar-refractivity contribution < 1.29 is 18.0 Å². The summed E-state index contributed by atoms with van der Waals surface area (Å²) in [6.45, 7) is 4.42. The van der Waals surface area contributed by atoms with Crippen molar-refractivity contribution in [2.45, 2.75) is 33.0 Å². The molecule has 2 rings (SSSR count). The topological polar surface area (TPSA) is 64.7 Å². The minimum Gasteiger partial charge on any atom is -0.351 e. The molecule has 0 radical (unpaired) electrons. The second kappa shape index (κ2) is 7.36. The second-order valence-electron chi connectivity index (χ2n) is 5.45. The number of carbonyl (C=O) groups excluding carboxylic acids is 1. The van der Waals surface area contributed by atoms with Crippen LogP contribution < -0.4 is 5.32 Å². The van der Waals surface area contributed by atoms with E-state index in [2.05, 4.69) is 31.4 Å². The molecule has 11 heteroatoms. The molecule has 0 bridgehead atoms. The van der Waals surface area contributed by atoms with Crippen LogP contribution in [0.5, 0.6) is 0 Å². The number of carbonyl (C=O) groups is 1. The van der Waals surface area contributed by atoms with Gasteiger partial charge in [-0.05, 0) is 36.2 Å². The lowest BCUT2D eigenvalue weighted by atomic mass is 10.3. The standard InChI is InChI=1S/C14H16BrClF3N5O/c1-7-10(16)8(2)24(21-7)6-4-5-20-13(25)11-9(15)12(14(17,18)19)23(3)22-11/h4-6H2,1-3H3,(H,20,25). The zero-order valence-electron chi connectivity index (χ0n) is 13.7. The first-order valence-corrected chi connectivity index (χ1v) is 8.48. The molecule has 2 heterocycles. The highest BCUT2D eigenvalue weighted by molar-refractivity contribution is 9.10. The van der Waals surface area contributed by atoms with Crippen molar-refractivity contribution in [3.63, 3.8) is 0 Å². The Hall–Kier alpha value is -1.55. The highest BCUT2D eigenvalue weighted by atomic mass is 79.9. The third-order valence-electron chi connectivity index (χ3n) is 3.60. The van der Waals surface area contributed by atoms with Gasteiger partial charge in [-0.3, -0.25) is 14.2 Å². The molecule has 0 aliphatic rings. The maximum Gasteiger partial charge on any atom is 0.434 e. The number of amides is 1. The van der Waals surface area contributed by atoms with Crippen molar-refractivity contribution in [1.82, 2.24) is 24.9 Å². The maximum absolute atomic E-state index is 12.9. The molecular weight excluding hydrogens is 427 g/mol. The summed E-state index contributed by atoms with van der Waals surface area (Å²) < 4.78 is 40.7. The first-order chi connectivity index (χ1) is 11.5. The molecule has 1 N–H and O–H groups in total. The molecule has 0 aliphatic heterocycles. The zero-order chi connectivity index (χ0) is 18.9. The molecular formula is C14H16BrClF3N5O. The lowest BCUT2D eigenvalue weighted by molar-refractivity contribution is -0.144. The van der Waals surface area contributed by atoms with Gasteiger partial charge in [0.05, 0.1) is 20.9 Å². The van der Waals surface area contributed by atoms with Crippen molar-refractivity contribution in [2.24, 2.45) is 7.05 Å². The van der Waals surface area contributed by atoms with Crippen molar-refractivity contribution >= 4 is 33.4 Å². The third kappa shape index (κ3) is 4.17. The van der Waals surface area contributed by atoms with Crippen LogP contribution in [0.1, 0.15) is 34.0 Å². The van der Waals surface area contributed by atoms with Gasteiger partial charge in [0.25, 0.3) is 5.91 Å². The number of aryl methyl sites for hydroxylation is 3. The van der Waals surface area contributed by atoms with Gasteiger partial charge >= 0.3 is 6.18 Å². The Labute approximate surface area is 155 Å². The summed E-state index contributed by atoms with van der Waals surface area (Å²) in [6.07, 6.45) is -4.06. The largest absolute Gasteiger partial charge is 0.434 e. The van der Waals surface area contributed by atoms with E-state index >= 15 is 0 Å². The van der Waals surface area contributed by atoms with Gasteiger partial charge in [-0.1, -0.05) is 11.6 Å². The smallest absolute Gasteiger partial charge is 0.351 e. The van der Waals surface area contributed by atoms with Gasteiger partial charge in [0.2, 0.25) is 0 Å². The van der Waals surface area contributed by atoms with Crippen LogP contribution in [0.25, 0.3) is 0 Å². The molecule has 2 aromatic heterocycles. The van der Waals surface area contributed by atoms with Crippen LogP contribution in [0.3, 0.4) is 0 Å². The van der Waals surface area contributed by atoms with Crippen molar-refractivity contribution in [3.8, 4) is 0 Å². The van der Waals surface area contributed by atoms with Crippen molar-refractivity contribution in [2.75, 3.05) is 6.54 Å². The van der Waals surface area contributed by atoms with Crippen LogP contribution in [0, 0.1) is 13.8 Å². The maximum atomic E-state index is 12.9. The molecule has 0 aliphatic carbocycles. The van der Waals surface area contributed by atoms with Crippen LogP contribution in [-0.2, 0) is 19.8 Å². The molecule has 0 spiro atoms. The van der Waals surface area contributed by atoms with E-state index in [9.17, 15) is 18.0 Å². The molecule has 2 aromatic rings. The van der Waals surface area contributed by atoms with E-state index in [0.29, 0.717) is 22.7 Å². The Kier molecular flexibility index (Phi) is 5.82. The summed E-state index contributed by atoms with van der Waals surface area (Å²) in [5, 5.41) is 11.1. The Balaban J connectivity index is 1.96. The minimum atomic E-state index is -4.60. The lowest BCUT2D eigenvalue weighted by Gasteiger charge is -2.07. The molecule has 6 nitrogen and oxygen atoms in total. The molecule has 25 heavy (non-hydrogen) atoms. The zero-order valence-corrected chi connectivity index (χ0v) is 16.1. The number of aromatic nitrogens is 4. The van der Waals surface area contributed by atoms with Gasteiger partial charge in [-0.25, -0.2) is 0 Å². The van der Waals surface area contributed by atoms with Crippen LogP contribution in [0.2, 0.25) is 5.02 Å². The SMILES string of the molecule is Cc1nn(CCCNC(=O)c2nn(C)c(C(F)(F)F)c2Br)c(C)c1Cl. The number of hydrogen-bond donors (Lipinski definition) is 1. The summed E-state index contributed by atoms with van der Waals surface area (Å²) in [5.74, 6) is -0.677. The molecule has 138 valence electrons. The number of halogens is 5. The Morgan fingerprint density at radius 2 is 1.96 bits per heavy atom. The number of hydrogen-bond acceptors (Lipinski definition) is 3. The summed E-state index contributed by atoms with van der Waals surface area (Å²) >= 11 is 8.86. The second-order valence-corrected chi connectivity index (χ2v) is 6.62. The number of nitrogens with zero attached hydrogens (tertiary/aromatic N) is 4. The van der Waals surface area contributed by atoms with Crippen LogP contribution >= 0.6 is 27.5 Å². The van der Waals surface area contributed by atoms with Crippen LogP contribution in [0.15, 0.2) is 4.47 Å². The summed E-state index contributed by atoms with van der Waals surface area (Å²) in [6, 6.07) is 0. The molecule has 1 amide bonds. The fourth-order valence-electron chi connectivity index (χ4n) is 2.36. The van der Waals surface area contributed by atoms with Crippen molar-refractivity contribution in [3.05, 3.63) is 32.3 Å². The van der Waals surface area contributed by atoms with Crippen LogP contribution in [0.4, 0.5) is 13.2 Å². The Morgan fingerprint density at radius 1 is 1.32 bits per heavy atom. The van der Waals surface area contributed by atoms with Gasteiger partial charge in [0, 0.05) is 20.1 Å². The summed E-state index contributed by atoms with van der Waals surface area (Å²) in [7, 11) is 1.14. The first-order valence-electron chi connectivity index (χ1n) is 7.31. The quantitative estimate of drug-likeness (QED) is 0.721. The number of nitrogens with one attached hydrogen (secondary N) is 1. The first kappa shape index (κ1) is 19.8. The predicted molar refractivity (Wildman–Crippen MR) is 89.6 cm³/mol. The monoisotopic (exact) mass is 441 g/mol. The highest BCUT2D eigenvalue weighted by Gasteiger charge is 2.39. The average Bonchev–Trinajstić information content (AvgIpc) is 2.94. The minimum absolute atomic E-state index is 0.263. The average molecular weight is 443 g/mol. The van der Waals surface area contributed by atoms with E-state index in [1.807, 2.05) is 6.92 Å². The normalized spacial score (nSPS) is 11.8. The predicted octanol–water partition coefficient (Wildman–Crippen LogP) is 3.49. The van der Waals surface area contributed by atoms with Gasteiger partial charge in [0.15, 0.2) is 11.4 Å². The van der Waals surface area contributed by atoms with Crippen molar-refractivity contribution in [1.29, 1.82) is 0 Å². The molecule has 0 aromatic carbocycles. The van der Waals surface area contributed by atoms with E-state index in [-0.39, 0.29) is 16.7 Å². The van der Waals surface area contributed by atoms with Crippen LogP contribution in [-0.4, -0.2) is 32.0 Å². The van der Waals surface area contributed by atoms with E-state index in [0.717, 1.165) is 18.4 Å². The van der Waals surface area contributed by atoms with Gasteiger partial charge < -0.3 is 5.32 Å². The number of rotatable bonds is 5. The molecule has 0 saturated carbocycles. The molecule has 0 unspecified atom stereocenters. The molecule has 0 saturated heterocycles. The number of alkyl halides is 3.